The van der Waals surface area contributed by atoms with Gasteiger partial charge in [-0.2, -0.15) is 0 Å². The van der Waals surface area contributed by atoms with E-state index in [0.717, 1.165) is 23.0 Å². The zero-order valence-corrected chi connectivity index (χ0v) is 12.2. The van der Waals surface area contributed by atoms with Crippen molar-refractivity contribution in [2.75, 3.05) is 10.7 Å². The number of rotatable bonds is 5. The molecule has 0 bridgehead atoms. The summed E-state index contributed by atoms with van der Waals surface area (Å²) in [5, 5.41) is 3.21. The summed E-state index contributed by atoms with van der Waals surface area (Å²) >= 11 is 0. The molecule has 0 spiro atoms. The Kier molecular flexibility index (Phi) is 4.19. The third kappa shape index (κ3) is 3.05. The van der Waals surface area contributed by atoms with Gasteiger partial charge in [-0.1, -0.05) is 13.8 Å². The monoisotopic (exact) mass is 276 g/mol. The molecule has 0 unspecified atom stereocenters. The van der Waals surface area contributed by atoms with Gasteiger partial charge in [0.2, 0.25) is 5.89 Å². The van der Waals surface area contributed by atoms with Crippen molar-refractivity contribution in [3.05, 3.63) is 29.2 Å². The number of hydrogen-bond donors (Lipinski definition) is 3. The van der Waals surface area contributed by atoms with Gasteiger partial charge in [0, 0.05) is 11.5 Å². The average Bonchev–Trinajstić information content (AvgIpc) is 2.83. The van der Waals surface area contributed by atoms with Gasteiger partial charge in [0.15, 0.2) is 0 Å². The standard InChI is InChI=1S/C13H20N6O/c1-7(2)11-17-12(9(4)13(18-11)19-14)16-6-10-15-5-8(3)20-10/h5,7H,6,14H2,1-4H3,(H2,16,17,18,19). The Bertz CT molecular complexity index is 593. The molecule has 2 rings (SSSR count). The maximum Gasteiger partial charge on any atom is 0.213 e. The number of nitrogen functional groups attached to an aromatic ring is 1. The molecule has 0 saturated heterocycles. The number of aromatic nitrogens is 3. The van der Waals surface area contributed by atoms with E-state index in [0.29, 0.717) is 18.3 Å². The fourth-order valence-corrected chi connectivity index (χ4v) is 1.75. The van der Waals surface area contributed by atoms with Crippen molar-refractivity contribution >= 4 is 11.6 Å². The summed E-state index contributed by atoms with van der Waals surface area (Å²) < 4.78 is 5.42. The molecule has 7 nitrogen and oxygen atoms in total. The van der Waals surface area contributed by atoms with E-state index < -0.39 is 0 Å². The summed E-state index contributed by atoms with van der Waals surface area (Å²) in [4.78, 5) is 13.0. The van der Waals surface area contributed by atoms with Gasteiger partial charge in [-0.3, -0.25) is 0 Å². The molecule has 2 aromatic heterocycles. The second kappa shape index (κ2) is 5.87. The van der Waals surface area contributed by atoms with Crippen molar-refractivity contribution in [1.29, 1.82) is 0 Å². The van der Waals surface area contributed by atoms with Crippen LogP contribution in [0.15, 0.2) is 10.6 Å². The maximum absolute atomic E-state index is 5.50. The number of nitrogens with two attached hydrogens (primary N) is 1. The van der Waals surface area contributed by atoms with Crippen LogP contribution in [-0.2, 0) is 6.54 Å². The van der Waals surface area contributed by atoms with Crippen LogP contribution in [0.2, 0.25) is 0 Å². The highest BCUT2D eigenvalue weighted by atomic mass is 16.4. The number of aryl methyl sites for hydroxylation is 1. The first-order valence-corrected chi connectivity index (χ1v) is 6.51. The molecule has 4 N–H and O–H groups in total. The first kappa shape index (κ1) is 14.3. The van der Waals surface area contributed by atoms with Crippen LogP contribution in [-0.4, -0.2) is 15.0 Å². The Morgan fingerprint density at radius 1 is 1.25 bits per heavy atom. The van der Waals surface area contributed by atoms with Crippen molar-refractivity contribution in [3.63, 3.8) is 0 Å². The lowest BCUT2D eigenvalue weighted by molar-refractivity contribution is 0.478. The Morgan fingerprint density at radius 2 is 1.95 bits per heavy atom. The highest BCUT2D eigenvalue weighted by Gasteiger charge is 2.13. The third-order valence-corrected chi connectivity index (χ3v) is 2.89. The number of hydrogen-bond acceptors (Lipinski definition) is 7. The van der Waals surface area contributed by atoms with Crippen molar-refractivity contribution < 1.29 is 4.42 Å². The highest BCUT2D eigenvalue weighted by Crippen LogP contribution is 2.22. The van der Waals surface area contributed by atoms with Crippen molar-refractivity contribution in [2.24, 2.45) is 5.84 Å². The zero-order valence-electron chi connectivity index (χ0n) is 12.2. The van der Waals surface area contributed by atoms with Gasteiger partial charge in [-0.15, -0.1) is 0 Å². The first-order valence-electron chi connectivity index (χ1n) is 6.51. The number of hydrazine groups is 1. The number of oxazole rings is 1. The predicted molar refractivity (Wildman–Crippen MR) is 77.2 cm³/mol. The lowest BCUT2D eigenvalue weighted by Gasteiger charge is -2.14. The van der Waals surface area contributed by atoms with Crippen LogP contribution in [0, 0.1) is 13.8 Å². The van der Waals surface area contributed by atoms with Crippen LogP contribution in [0.5, 0.6) is 0 Å². The molecule has 7 heteroatoms. The Labute approximate surface area is 118 Å². The Hall–Kier alpha value is -2.15. The minimum absolute atomic E-state index is 0.215. The fraction of sp³-hybridized carbons (Fsp3) is 0.462. The third-order valence-electron chi connectivity index (χ3n) is 2.89. The second-order valence-corrected chi connectivity index (χ2v) is 4.92. The highest BCUT2D eigenvalue weighted by molar-refractivity contribution is 5.56. The van der Waals surface area contributed by atoms with Gasteiger partial charge in [-0.25, -0.2) is 20.8 Å². The molecule has 0 aliphatic rings. The number of anilines is 2. The van der Waals surface area contributed by atoms with E-state index in [4.69, 9.17) is 10.3 Å². The van der Waals surface area contributed by atoms with Crippen molar-refractivity contribution in [1.82, 2.24) is 15.0 Å². The normalized spacial score (nSPS) is 10.9. The molecule has 0 aliphatic heterocycles. The molecule has 2 heterocycles. The van der Waals surface area contributed by atoms with Gasteiger partial charge < -0.3 is 15.2 Å². The molecule has 0 radical (unpaired) electrons. The zero-order chi connectivity index (χ0) is 14.7. The van der Waals surface area contributed by atoms with E-state index in [9.17, 15) is 0 Å². The summed E-state index contributed by atoms with van der Waals surface area (Å²) in [6.45, 7) is 8.30. The van der Waals surface area contributed by atoms with Crippen LogP contribution >= 0.6 is 0 Å². The number of nitrogens with zero attached hydrogens (tertiary/aromatic N) is 3. The minimum atomic E-state index is 0.215. The Balaban J connectivity index is 2.23. The molecule has 2 aromatic rings. The molecule has 0 saturated carbocycles. The topological polar surface area (TPSA) is 102 Å². The molecular weight excluding hydrogens is 256 g/mol. The fourth-order valence-electron chi connectivity index (χ4n) is 1.75. The first-order chi connectivity index (χ1) is 9.51. The van der Waals surface area contributed by atoms with Gasteiger partial charge in [-0.05, 0) is 13.8 Å². The van der Waals surface area contributed by atoms with E-state index >= 15 is 0 Å². The van der Waals surface area contributed by atoms with E-state index in [1.54, 1.807) is 6.20 Å². The molecular formula is C13H20N6O. The van der Waals surface area contributed by atoms with E-state index in [-0.39, 0.29) is 5.92 Å². The predicted octanol–water partition coefficient (Wildman–Crippen LogP) is 2.10. The summed E-state index contributed by atoms with van der Waals surface area (Å²) in [5.41, 5.74) is 3.46. The van der Waals surface area contributed by atoms with Crippen LogP contribution in [0.25, 0.3) is 0 Å². The van der Waals surface area contributed by atoms with E-state index in [2.05, 4.69) is 25.7 Å². The minimum Gasteiger partial charge on any atom is -0.444 e. The SMILES string of the molecule is Cc1cnc(CNc2nc(C(C)C)nc(NN)c2C)o1. The largest absolute Gasteiger partial charge is 0.444 e. The van der Waals surface area contributed by atoms with Gasteiger partial charge >= 0.3 is 0 Å². The molecule has 0 amide bonds. The molecule has 0 aliphatic carbocycles. The van der Waals surface area contributed by atoms with Crippen LogP contribution in [0.3, 0.4) is 0 Å². The molecule has 0 fully saturated rings. The van der Waals surface area contributed by atoms with Gasteiger partial charge in [0.25, 0.3) is 0 Å². The van der Waals surface area contributed by atoms with Crippen molar-refractivity contribution in [2.45, 2.75) is 40.2 Å². The Morgan fingerprint density at radius 3 is 2.50 bits per heavy atom. The molecule has 0 aromatic carbocycles. The average molecular weight is 276 g/mol. The quantitative estimate of drug-likeness (QED) is 0.567. The van der Waals surface area contributed by atoms with Crippen LogP contribution in [0.1, 0.15) is 42.8 Å². The summed E-state index contributed by atoms with van der Waals surface area (Å²) in [7, 11) is 0. The van der Waals surface area contributed by atoms with Gasteiger partial charge in [0.05, 0.1) is 12.7 Å². The van der Waals surface area contributed by atoms with Crippen LogP contribution in [0.4, 0.5) is 11.6 Å². The van der Waals surface area contributed by atoms with E-state index in [1.807, 2.05) is 27.7 Å². The summed E-state index contributed by atoms with van der Waals surface area (Å²) in [5.74, 6) is 9.20. The lowest BCUT2D eigenvalue weighted by Crippen LogP contribution is -2.15. The molecule has 108 valence electrons. The summed E-state index contributed by atoms with van der Waals surface area (Å²) in [6, 6.07) is 0. The number of nitrogens with one attached hydrogen (secondary N) is 2. The maximum atomic E-state index is 5.50. The second-order valence-electron chi connectivity index (χ2n) is 4.92. The van der Waals surface area contributed by atoms with E-state index in [1.165, 1.54) is 0 Å². The summed E-state index contributed by atoms with van der Waals surface area (Å²) in [6.07, 6.45) is 1.69. The smallest absolute Gasteiger partial charge is 0.213 e. The molecule has 20 heavy (non-hydrogen) atoms. The van der Waals surface area contributed by atoms with Gasteiger partial charge in [0.1, 0.15) is 23.2 Å². The van der Waals surface area contributed by atoms with Crippen LogP contribution < -0.4 is 16.6 Å². The lowest BCUT2D eigenvalue weighted by atomic mass is 10.2. The van der Waals surface area contributed by atoms with Crippen molar-refractivity contribution in [3.8, 4) is 0 Å². The molecule has 0 atom stereocenters.